The normalized spacial score (nSPS) is 13.2. The van der Waals surface area contributed by atoms with Crippen LogP contribution in [-0.2, 0) is 5.60 Å². The van der Waals surface area contributed by atoms with Gasteiger partial charge in [-0.25, -0.2) is 0 Å². The smallest absolute Gasteiger partial charge is 0.148 e. The van der Waals surface area contributed by atoms with Gasteiger partial charge in [-0.3, -0.25) is 0 Å². The lowest BCUT2D eigenvalue weighted by atomic mass is 9.95. The lowest BCUT2D eigenvalue weighted by molar-refractivity contribution is 0.122. The first-order valence-electron chi connectivity index (χ1n) is 6.79. The monoisotopic (exact) mass is 264 g/mol. The van der Waals surface area contributed by atoms with Crippen LogP contribution in [0.25, 0.3) is 0 Å². The second-order valence-corrected chi connectivity index (χ2v) is 5.44. The molecular formula is C19H20O. The highest BCUT2D eigenvalue weighted by Crippen LogP contribution is 2.20. The Balaban J connectivity index is 2.38. The van der Waals surface area contributed by atoms with Crippen LogP contribution in [0.3, 0.4) is 0 Å². The van der Waals surface area contributed by atoms with E-state index in [-0.39, 0.29) is 0 Å². The van der Waals surface area contributed by atoms with Gasteiger partial charge in [-0.05, 0) is 56.0 Å². The summed E-state index contributed by atoms with van der Waals surface area (Å²) in [5.41, 5.74) is 4.29. The van der Waals surface area contributed by atoms with Crippen LogP contribution >= 0.6 is 0 Å². The summed E-state index contributed by atoms with van der Waals surface area (Å²) in [5.74, 6) is 6.10. The van der Waals surface area contributed by atoms with Crippen molar-refractivity contribution in [2.45, 2.75) is 33.3 Å². The van der Waals surface area contributed by atoms with E-state index in [2.05, 4.69) is 37.8 Å². The molecule has 0 bridgehead atoms. The molecule has 2 aromatic rings. The molecule has 2 aromatic carbocycles. The molecule has 0 saturated carbocycles. The van der Waals surface area contributed by atoms with E-state index >= 15 is 0 Å². The van der Waals surface area contributed by atoms with Crippen molar-refractivity contribution in [3.05, 3.63) is 70.3 Å². The summed E-state index contributed by atoms with van der Waals surface area (Å²) in [7, 11) is 0. The fourth-order valence-electron chi connectivity index (χ4n) is 2.12. The minimum absolute atomic E-state index is 0.814. The van der Waals surface area contributed by atoms with Gasteiger partial charge in [0.15, 0.2) is 0 Å². The molecule has 102 valence electrons. The first kappa shape index (κ1) is 14.4. The third-order valence-corrected chi connectivity index (χ3v) is 3.62. The minimum Gasteiger partial charge on any atom is -0.374 e. The number of aryl methyl sites for hydroxylation is 3. The van der Waals surface area contributed by atoms with E-state index in [9.17, 15) is 5.11 Å². The maximum absolute atomic E-state index is 10.5. The van der Waals surface area contributed by atoms with Gasteiger partial charge in [0.1, 0.15) is 5.60 Å². The van der Waals surface area contributed by atoms with Crippen molar-refractivity contribution in [1.29, 1.82) is 0 Å². The molecule has 1 atom stereocenters. The summed E-state index contributed by atoms with van der Waals surface area (Å²) >= 11 is 0. The first-order valence-corrected chi connectivity index (χ1v) is 6.79. The highest BCUT2D eigenvalue weighted by atomic mass is 16.3. The van der Waals surface area contributed by atoms with Gasteiger partial charge in [-0.15, -0.1) is 0 Å². The summed E-state index contributed by atoms with van der Waals surface area (Å²) in [4.78, 5) is 0. The van der Waals surface area contributed by atoms with Gasteiger partial charge in [0, 0.05) is 5.56 Å². The van der Waals surface area contributed by atoms with Gasteiger partial charge in [0.25, 0.3) is 0 Å². The Morgan fingerprint density at radius 3 is 2.15 bits per heavy atom. The van der Waals surface area contributed by atoms with Crippen molar-refractivity contribution >= 4 is 0 Å². The Morgan fingerprint density at radius 2 is 1.50 bits per heavy atom. The van der Waals surface area contributed by atoms with Gasteiger partial charge < -0.3 is 5.11 Å². The molecule has 0 radical (unpaired) electrons. The molecule has 2 rings (SSSR count). The summed E-state index contributed by atoms with van der Waals surface area (Å²) in [5, 5.41) is 10.5. The second kappa shape index (κ2) is 5.53. The summed E-state index contributed by atoms with van der Waals surface area (Å²) in [6, 6.07) is 13.7. The van der Waals surface area contributed by atoms with Crippen molar-refractivity contribution in [2.24, 2.45) is 0 Å². The summed E-state index contributed by atoms with van der Waals surface area (Å²) < 4.78 is 0. The average molecular weight is 264 g/mol. The zero-order chi connectivity index (χ0) is 14.8. The predicted molar refractivity (Wildman–Crippen MR) is 83.5 cm³/mol. The van der Waals surface area contributed by atoms with E-state index in [1.54, 1.807) is 6.92 Å². The predicted octanol–water partition coefficient (Wildman–Crippen LogP) is 3.87. The molecule has 0 amide bonds. The van der Waals surface area contributed by atoms with Crippen molar-refractivity contribution in [2.75, 3.05) is 0 Å². The van der Waals surface area contributed by atoms with E-state index in [4.69, 9.17) is 0 Å². The lowest BCUT2D eigenvalue weighted by Gasteiger charge is -2.16. The van der Waals surface area contributed by atoms with Crippen molar-refractivity contribution in [3.8, 4) is 11.8 Å². The number of hydrogen-bond acceptors (Lipinski definition) is 1. The van der Waals surface area contributed by atoms with Crippen LogP contribution in [0.2, 0.25) is 0 Å². The fraction of sp³-hybridized carbons (Fsp3) is 0.263. The Morgan fingerprint density at radius 1 is 0.900 bits per heavy atom. The Hall–Kier alpha value is -2.04. The van der Waals surface area contributed by atoms with E-state index in [0.717, 1.165) is 16.7 Å². The average Bonchev–Trinajstić information content (AvgIpc) is 2.42. The molecule has 1 heteroatoms. The topological polar surface area (TPSA) is 20.2 Å². The lowest BCUT2D eigenvalue weighted by Crippen LogP contribution is -2.18. The zero-order valence-corrected chi connectivity index (χ0v) is 12.5. The molecule has 0 aromatic heterocycles. The van der Waals surface area contributed by atoms with Crippen molar-refractivity contribution in [3.63, 3.8) is 0 Å². The molecule has 0 saturated heterocycles. The van der Waals surface area contributed by atoms with Gasteiger partial charge in [0.2, 0.25) is 0 Å². The molecule has 0 aliphatic heterocycles. The highest BCUT2D eigenvalue weighted by Gasteiger charge is 2.19. The van der Waals surface area contributed by atoms with Crippen LogP contribution in [0.15, 0.2) is 42.5 Å². The van der Waals surface area contributed by atoms with E-state index < -0.39 is 5.60 Å². The van der Waals surface area contributed by atoms with Crippen LogP contribution in [0.5, 0.6) is 0 Å². The molecule has 1 N–H and O–H groups in total. The molecule has 0 fully saturated rings. The Bertz CT molecular complexity index is 670. The standard InChI is InChI=1S/C19H20O/c1-14-12-16(3)17(13-15(14)2)10-11-19(4,20)18-8-6-5-7-9-18/h5-9,12-13,20H,1-4H3. The molecule has 0 heterocycles. The molecule has 1 nitrogen and oxygen atoms in total. The van der Waals surface area contributed by atoms with Gasteiger partial charge in [-0.1, -0.05) is 48.2 Å². The third kappa shape index (κ3) is 3.10. The summed E-state index contributed by atoms with van der Waals surface area (Å²) in [6.07, 6.45) is 0. The maximum Gasteiger partial charge on any atom is 0.148 e. The van der Waals surface area contributed by atoms with Crippen LogP contribution in [-0.4, -0.2) is 5.11 Å². The number of hydrogen-bond donors (Lipinski definition) is 1. The maximum atomic E-state index is 10.5. The van der Waals surface area contributed by atoms with Crippen LogP contribution < -0.4 is 0 Å². The number of benzene rings is 2. The zero-order valence-electron chi connectivity index (χ0n) is 12.5. The Kier molecular flexibility index (Phi) is 3.97. The SMILES string of the molecule is Cc1cc(C)c(C#CC(C)(O)c2ccccc2)cc1C. The van der Waals surface area contributed by atoms with Crippen molar-refractivity contribution in [1.82, 2.24) is 0 Å². The van der Waals surface area contributed by atoms with Gasteiger partial charge in [0.05, 0.1) is 0 Å². The highest BCUT2D eigenvalue weighted by molar-refractivity contribution is 5.47. The van der Waals surface area contributed by atoms with Crippen LogP contribution in [0, 0.1) is 32.6 Å². The number of aliphatic hydroxyl groups is 1. The third-order valence-electron chi connectivity index (χ3n) is 3.62. The van der Waals surface area contributed by atoms with E-state index in [1.807, 2.05) is 37.3 Å². The van der Waals surface area contributed by atoms with Crippen molar-refractivity contribution < 1.29 is 5.11 Å². The van der Waals surface area contributed by atoms with Crippen LogP contribution in [0.1, 0.15) is 34.7 Å². The summed E-state index contributed by atoms with van der Waals surface area (Å²) in [6.45, 7) is 7.95. The minimum atomic E-state index is -1.13. The van der Waals surface area contributed by atoms with Gasteiger partial charge in [-0.2, -0.15) is 0 Å². The first-order chi connectivity index (χ1) is 9.40. The van der Waals surface area contributed by atoms with Gasteiger partial charge >= 0.3 is 0 Å². The quantitative estimate of drug-likeness (QED) is 0.775. The largest absolute Gasteiger partial charge is 0.374 e. The Labute approximate surface area is 121 Å². The molecule has 1 unspecified atom stereocenters. The molecule has 20 heavy (non-hydrogen) atoms. The van der Waals surface area contributed by atoms with E-state index in [1.165, 1.54) is 11.1 Å². The number of rotatable bonds is 1. The molecule has 0 aliphatic carbocycles. The molecule has 0 spiro atoms. The second-order valence-electron chi connectivity index (χ2n) is 5.44. The van der Waals surface area contributed by atoms with E-state index in [0.29, 0.717) is 0 Å². The van der Waals surface area contributed by atoms with Crippen LogP contribution in [0.4, 0.5) is 0 Å². The fourth-order valence-corrected chi connectivity index (χ4v) is 2.12. The molecule has 0 aliphatic rings. The molecular weight excluding hydrogens is 244 g/mol.